The summed E-state index contributed by atoms with van der Waals surface area (Å²) in [6.45, 7) is 6.87. The summed E-state index contributed by atoms with van der Waals surface area (Å²) in [5.41, 5.74) is 2.41. The standard InChI is InChI=1S/C40H38O10/c1-3-39(21-45-22-39)25-47-35(41)29-7-5-9-31(19-29)37(43)49-33-15-11-27(12-16-33)28-13-17-34(18-14-28)50-38(44)32-10-6-8-30(20-32)36(42)48-26-40(4-2)23-46-24-40/h5-20H,3-4,21-26H2,1-2H3. The van der Waals surface area contributed by atoms with Crippen molar-refractivity contribution in [3.05, 3.63) is 119 Å². The number of benzene rings is 4. The van der Waals surface area contributed by atoms with Gasteiger partial charge in [0.1, 0.15) is 24.7 Å². The van der Waals surface area contributed by atoms with Crippen LogP contribution in [0.4, 0.5) is 0 Å². The molecule has 6 rings (SSSR count). The van der Waals surface area contributed by atoms with E-state index in [2.05, 4.69) is 0 Å². The van der Waals surface area contributed by atoms with Crippen LogP contribution in [0.15, 0.2) is 97.1 Å². The second-order valence-corrected chi connectivity index (χ2v) is 12.8. The highest BCUT2D eigenvalue weighted by atomic mass is 16.6. The van der Waals surface area contributed by atoms with Gasteiger partial charge in [0.05, 0.1) is 59.5 Å². The number of ether oxygens (including phenoxy) is 6. The van der Waals surface area contributed by atoms with E-state index in [4.69, 9.17) is 28.4 Å². The molecule has 0 radical (unpaired) electrons. The molecule has 0 atom stereocenters. The van der Waals surface area contributed by atoms with E-state index in [0.29, 0.717) is 37.9 Å². The van der Waals surface area contributed by atoms with Crippen molar-refractivity contribution in [2.75, 3.05) is 39.6 Å². The van der Waals surface area contributed by atoms with Gasteiger partial charge in [0.25, 0.3) is 0 Å². The normalized spacial score (nSPS) is 15.5. The zero-order valence-electron chi connectivity index (χ0n) is 28.0. The molecule has 4 aromatic rings. The van der Waals surface area contributed by atoms with E-state index >= 15 is 0 Å². The van der Waals surface area contributed by atoms with Crippen LogP contribution in [0.25, 0.3) is 11.1 Å². The molecule has 0 N–H and O–H groups in total. The fourth-order valence-electron chi connectivity index (χ4n) is 5.47. The van der Waals surface area contributed by atoms with Crippen LogP contribution in [0, 0.1) is 10.8 Å². The van der Waals surface area contributed by atoms with Crippen LogP contribution in [-0.4, -0.2) is 63.5 Å². The Kier molecular flexibility index (Phi) is 10.4. The number of rotatable bonds is 13. The van der Waals surface area contributed by atoms with Gasteiger partial charge in [-0.05, 0) is 84.6 Å². The molecule has 0 aromatic heterocycles. The van der Waals surface area contributed by atoms with Gasteiger partial charge in [-0.25, -0.2) is 19.2 Å². The van der Waals surface area contributed by atoms with E-state index < -0.39 is 23.9 Å². The lowest BCUT2D eigenvalue weighted by Crippen LogP contribution is -2.46. The molecule has 10 nitrogen and oxygen atoms in total. The molecular formula is C40H38O10. The van der Waals surface area contributed by atoms with Crippen molar-refractivity contribution in [3.63, 3.8) is 0 Å². The van der Waals surface area contributed by atoms with Crippen molar-refractivity contribution in [1.82, 2.24) is 0 Å². The Hall–Kier alpha value is -5.32. The van der Waals surface area contributed by atoms with Crippen LogP contribution < -0.4 is 9.47 Å². The number of hydrogen-bond acceptors (Lipinski definition) is 10. The molecule has 2 aliphatic rings. The Morgan fingerprint density at radius 1 is 0.520 bits per heavy atom. The van der Waals surface area contributed by atoms with Crippen LogP contribution in [-0.2, 0) is 18.9 Å². The number of carbonyl (C=O) groups is 4. The Bertz CT molecular complexity index is 1710. The van der Waals surface area contributed by atoms with Gasteiger partial charge in [-0.2, -0.15) is 0 Å². The summed E-state index contributed by atoms with van der Waals surface area (Å²) in [4.78, 5) is 51.0. The minimum absolute atomic E-state index is 0.135. The molecule has 0 amide bonds. The van der Waals surface area contributed by atoms with Crippen LogP contribution in [0.3, 0.4) is 0 Å². The van der Waals surface area contributed by atoms with E-state index in [1.807, 2.05) is 13.8 Å². The molecule has 10 heteroatoms. The molecule has 258 valence electrons. The van der Waals surface area contributed by atoms with Gasteiger partial charge in [-0.3, -0.25) is 0 Å². The quantitative estimate of drug-likeness (QED) is 0.108. The highest BCUT2D eigenvalue weighted by molar-refractivity contribution is 5.97. The Labute approximate surface area is 290 Å². The van der Waals surface area contributed by atoms with Gasteiger partial charge < -0.3 is 28.4 Å². The number of hydrogen-bond donors (Lipinski definition) is 0. The summed E-state index contributed by atoms with van der Waals surface area (Å²) in [5, 5.41) is 0. The van der Waals surface area contributed by atoms with Crippen molar-refractivity contribution in [2.24, 2.45) is 10.8 Å². The molecule has 2 saturated heterocycles. The lowest BCUT2D eigenvalue weighted by molar-refractivity contribution is -0.140. The van der Waals surface area contributed by atoms with Crippen molar-refractivity contribution < 1.29 is 47.6 Å². The lowest BCUT2D eigenvalue weighted by atomic mass is 9.84. The van der Waals surface area contributed by atoms with Crippen molar-refractivity contribution in [1.29, 1.82) is 0 Å². The molecule has 2 aliphatic heterocycles. The monoisotopic (exact) mass is 678 g/mol. The second-order valence-electron chi connectivity index (χ2n) is 12.8. The zero-order valence-corrected chi connectivity index (χ0v) is 28.0. The van der Waals surface area contributed by atoms with Crippen LogP contribution in [0.5, 0.6) is 11.5 Å². The third-order valence-electron chi connectivity index (χ3n) is 9.28. The lowest BCUT2D eigenvalue weighted by Gasteiger charge is -2.39. The van der Waals surface area contributed by atoms with Crippen LogP contribution in [0.1, 0.15) is 68.1 Å². The minimum Gasteiger partial charge on any atom is -0.461 e. The molecule has 2 heterocycles. The van der Waals surface area contributed by atoms with Crippen LogP contribution in [0.2, 0.25) is 0 Å². The van der Waals surface area contributed by atoms with Gasteiger partial charge >= 0.3 is 23.9 Å². The minimum atomic E-state index is -0.605. The second kappa shape index (κ2) is 15.1. The van der Waals surface area contributed by atoms with Crippen molar-refractivity contribution >= 4 is 23.9 Å². The van der Waals surface area contributed by atoms with E-state index in [0.717, 1.165) is 24.0 Å². The van der Waals surface area contributed by atoms with Gasteiger partial charge in [-0.15, -0.1) is 0 Å². The molecule has 0 saturated carbocycles. The Balaban J connectivity index is 1.01. The van der Waals surface area contributed by atoms with Gasteiger partial charge in [-0.1, -0.05) is 50.2 Å². The first-order valence-corrected chi connectivity index (χ1v) is 16.6. The number of esters is 4. The topological polar surface area (TPSA) is 124 Å². The first-order valence-electron chi connectivity index (χ1n) is 16.6. The average molecular weight is 679 g/mol. The van der Waals surface area contributed by atoms with Crippen LogP contribution >= 0.6 is 0 Å². The molecule has 0 unspecified atom stereocenters. The fraction of sp³-hybridized carbons (Fsp3) is 0.300. The van der Waals surface area contributed by atoms with E-state index in [9.17, 15) is 19.2 Å². The summed E-state index contributed by atoms with van der Waals surface area (Å²) in [6.07, 6.45) is 1.70. The third kappa shape index (κ3) is 7.93. The number of carbonyl (C=O) groups excluding carboxylic acids is 4. The van der Waals surface area contributed by atoms with E-state index in [1.54, 1.807) is 84.9 Å². The first kappa shape index (κ1) is 34.5. The Morgan fingerprint density at radius 2 is 0.860 bits per heavy atom. The highest BCUT2D eigenvalue weighted by Gasteiger charge is 2.39. The third-order valence-corrected chi connectivity index (χ3v) is 9.28. The molecule has 0 spiro atoms. The Morgan fingerprint density at radius 3 is 1.16 bits per heavy atom. The van der Waals surface area contributed by atoms with E-state index in [-0.39, 0.29) is 46.3 Å². The first-order chi connectivity index (χ1) is 24.2. The molecular weight excluding hydrogens is 640 g/mol. The van der Waals surface area contributed by atoms with E-state index in [1.165, 1.54) is 12.1 Å². The predicted molar refractivity (Wildman–Crippen MR) is 182 cm³/mol. The zero-order chi connectivity index (χ0) is 35.1. The predicted octanol–water partition coefficient (Wildman–Crippen LogP) is 6.96. The summed E-state index contributed by atoms with van der Waals surface area (Å²) in [7, 11) is 0. The largest absolute Gasteiger partial charge is 0.461 e. The average Bonchev–Trinajstić information content (AvgIpc) is 3.11. The molecule has 50 heavy (non-hydrogen) atoms. The SMILES string of the molecule is CCC1(COC(=O)c2cccc(C(=O)Oc3ccc(-c4ccc(OC(=O)c5cccc(C(=O)OCC6(CC)COC6)c5)cc4)cc3)c2)COC1. The van der Waals surface area contributed by atoms with Gasteiger partial charge in [0.2, 0.25) is 0 Å². The van der Waals surface area contributed by atoms with Crippen molar-refractivity contribution in [2.45, 2.75) is 26.7 Å². The molecule has 0 bridgehead atoms. The maximum Gasteiger partial charge on any atom is 0.343 e. The molecule has 0 aliphatic carbocycles. The molecule has 2 fully saturated rings. The summed E-state index contributed by atoms with van der Waals surface area (Å²) in [5.74, 6) is -1.55. The maximum atomic E-state index is 12.9. The summed E-state index contributed by atoms with van der Waals surface area (Å²) < 4.78 is 32.7. The smallest absolute Gasteiger partial charge is 0.343 e. The van der Waals surface area contributed by atoms with Gasteiger partial charge in [0.15, 0.2) is 0 Å². The van der Waals surface area contributed by atoms with Gasteiger partial charge in [0, 0.05) is 0 Å². The fourth-order valence-corrected chi connectivity index (χ4v) is 5.47. The van der Waals surface area contributed by atoms with Crippen molar-refractivity contribution in [3.8, 4) is 22.6 Å². The maximum absolute atomic E-state index is 12.9. The highest BCUT2D eigenvalue weighted by Crippen LogP contribution is 2.33. The molecule has 4 aromatic carbocycles. The summed E-state index contributed by atoms with van der Waals surface area (Å²) in [6, 6.07) is 26.4. The summed E-state index contributed by atoms with van der Waals surface area (Å²) >= 11 is 0.